The van der Waals surface area contributed by atoms with Crippen molar-refractivity contribution in [2.75, 3.05) is 13.1 Å². The smallest absolute Gasteiger partial charge is 0.0162 e. The molecule has 0 aromatic rings. The maximum atomic E-state index is 5.98. The van der Waals surface area contributed by atoms with Crippen LogP contribution in [0.15, 0.2) is 0 Å². The molecule has 2 heteroatoms. The van der Waals surface area contributed by atoms with Crippen LogP contribution in [-0.4, -0.2) is 18.1 Å². The Kier molecular flexibility index (Phi) is 2.00. The standard InChI is InChI=1S/C14H24N2/c15-16-2-1-13(9-16)14-6-10-3-11(7-14)5-12(4-10)8-14/h10-13H,1-9,15H2. The summed E-state index contributed by atoms with van der Waals surface area (Å²) in [6.45, 7) is 2.33. The van der Waals surface area contributed by atoms with Crippen molar-refractivity contribution in [1.82, 2.24) is 5.01 Å². The molecular weight excluding hydrogens is 196 g/mol. The Morgan fingerprint density at radius 3 is 1.94 bits per heavy atom. The van der Waals surface area contributed by atoms with Gasteiger partial charge in [-0.25, -0.2) is 5.01 Å². The van der Waals surface area contributed by atoms with E-state index in [-0.39, 0.29) is 0 Å². The van der Waals surface area contributed by atoms with E-state index < -0.39 is 0 Å². The first-order valence-electron chi connectivity index (χ1n) is 7.23. The fourth-order valence-electron chi connectivity index (χ4n) is 5.96. The highest BCUT2D eigenvalue weighted by Crippen LogP contribution is 2.63. The Balaban J connectivity index is 1.61. The molecule has 0 aromatic heterocycles. The Hall–Kier alpha value is -0.0800. The summed E-state index contributed by atoms with van der Waals surface area (Å²) in [6.07, 6.45) is 10.7. The second-order valence-corrected chi connectivity index (χ2v) is 7.26. The van der Waals surface area contributed by atoms with E-state index in [4.69, 9.17) is 5.84 Å². The van der Waals surface area contributed by atoms with Crippen LogP contribution in [0.1, 0.15) is 44.9 Å². The van der Waals surface area contributed by atoms with Gasteiger partial charge in [-0.2, -0.15) is 0 Å². The number of hydrogen-bond donors (Lipinski definition) is 1. The van der Waals surface area contributed by atoms with E-state index in [1.54, 1.807) is 38.5 Å². The number of nitrogens with zero attached hydrogens (tertiary/aromatic N) is 1. The molecule has 0 spiro atoms. The van der Waals surface area contributed by atoms with Crippen LogP contribution in [-0.2, 0) is 0 Å². The number of rotatable bonds is 1. The first-order valence-corrected chi connectivity index (χ1v) is 7.23. The zero-order valence-corrected chi connectivity index (χ0v) is 10.2. The fourth-order valence-corrected chi connectivity index (χ4v) is 5.96. The van der Waals surface area contributed by atoms with Crippen molar-refractivity contribution in [2.45, 2.75) is 44.9 Å². The summed E-state index contributed by atoms with van der Waals surface area (Å²) in [5.41, 5.74) is 0.739. The van der Waals surface area contributed by atoms with Gasteiger partial charge in [0, 0.05) is 13.1 Å². The van der Waals surface area contributed by atoms with Gasteiger partial charge in [0.25, 0.3) is 0 Å². The number of nitrogens with two attached hydrogens (primary N) is 1. The predicted octanol–water partition coefficient (Wildman–Crippen LogP) is 2.40. The van der Waals surface area contributed by atoms with Gasteiger partial charge >= 0.3 is 0 Å². The highest BCUT2D eigenvalue weighted by Gasteiger charge is 2.54. The molecule has 5 aliphatic rings. The Labute approximate surface area is 98.5 Å². The molecule has 4 aliphatic carbocycles. The molecule has 2 N–H and O–H groups in total. The average molecular weight is 220 g/mol. The van der Waals surface area contributed by atoms with Gasteiger partial charge < -0.3 is 0 Å². The van der Waals surface area contributed by atoms with Crippen molar-refractivity contribution in [1.29, 1.82) is 0 Å². The zero-order valence-electron chi connectivity index (χ0n) is 10.2. The summed E-state index contributed by atoms with van der Waals surface area (Å²) >= 11 is 0. The maximum Gasteiger partial charge on any atom is 0.0162 e. The molecule has 1 atom stereocenters. The van der Waals surface area contributed by atoms with E-state index in [9.17, 15) is 0 Å². The van der Waals surface area contributed by atoms with Gasteiger partial charge in [0.1, 0.15) is 0 Å². The van der Waals surface area contributed by atoms with Crippen LogP contribution in [0, 0.1) is 29.1 Å². The van der Waals surface area contributed by atoms with E-state index in [1.807, 2.05) is 0 Å². The van der Waals surface area contributed by atoms with Crippen molar-refractivity contribution in [2.24, 2.45) is 34.9 Å². The quantitative estimate of drug-likeness (QED) is 0.688. The Morgan fingerprint density at radius 2 is 1.50 bits per heavy atom. The summed E-state index contributed by atoms with van der Waals surface area (Å²) in [7, 11) is 0. The lowest BCUT2D eigenvalue weighted by Gasteiger charge is -2.59. The molecule has 4 saturated carbocycles. The van der Waals surface area contributed by atoms with Gasteiger partial charge in [-0.15, -0.1) is 0 Å². The van der Waals surface area contributed by atoms with Crippen molar-refractivity contribution >= 4 is 0 Å². The van der Waals surface area contributed by atoms with Crippen LogP contribution in [0.25, 0.3) is 0 Å². The second kappa shape index (κ2) is 3.23. The third-order valence-electron chi connectivity index (χ3n) is 6.17. The summed E-state index contributed by atoms with van der Waals surface area (Å²) in [4.78, 5) is 0. The minimum absolute atomic E-state index is 0.739. The monoisotopic (exact) mass is 220 g/mol. The highest BCUT2D eigenvalue weighted by atomic mass is 15.4. The van der Waals surface area contributed by atoms with Crippen molar-refractivity contribution < 1.29 is 0 Å². The molecule has 5 fully saturated rings. The third kappa shape index (κ3) is 1.32. The molecule has 0 radical (unpaired) electrons. The average Bonchev–Trinajstić information content (AvgIpc) is 2.63. The molecule has 90 valence electrons. The summed E-state index contributed by atoms with van der Waals surface area (Å²) < 4.78 is 0. The molecule has 5 rings (SSSR count). The van der Waals surface area contributed by atoms with Gasteiger partial charge in [0.05, 0.1) is 0 Å². The van der Waals surface area contributed by atoms with Crippen LogP contribution < -0.4 is 5.84 Å². The minimum Gasteiger partial charge on any atom is -0.269 e. The van der Waals surface area contributed by atoms with Gasteiger partial charge in [-0.3, -0.25) is 5.84 Å². The molecule has 1 unspecified atom stereocenters. The molecule has 4 bridgehead atoms. The predicted molar refractivity (Wildman–Crippen MR) is 64.5 cm³/mol. The van der Waals surface area contributed by atoms with E-state index in [1.165, 1.54) is 13.0 Å². The van der Waals surface area contributed by atoms with E-state index in [2.05, 4.69) is 5.01 Å². The number of hydrogen-bond acceptors (Lipinski definition) is 2. The normalized spacial score (nSPS) is 56.1. The van der Waals surface area contributed by atoms with Crippen LogP contribution in [0.5, 0.6) is 0 Å². The van der Waals surface area contributed by atoms with Crippen LogP contribution >= 0.6 is 0 Å². The second-order valence-electron chi connectivity index (χ2n) is 7.26. The summed E-state index contributed by atoms with van der Waals surface area (Å²) in [5.74, 6) is 10.2. The molecule has 1 saturated heterocycles. The lowest BCUT2D eigenvalue weighted by molar-refractivity contribution is -0.0845. The van der Waals surface area contributed by atoms with Gasteiger partial charge in [0.2, 0.25) is 0 Å². The summed E-state index contributed by atoms with van der Waals surface area (Å²) in [5, 5.41) is 2.07. The third-order valence-corrected chi connectivity index (χ3v) is 6.17. The SMILES string of the molecule is NN1CCC(C23CC4CC(CC(C4)C2)C3)C1. The van der Waals surface area contributed by atoms with E-state index >= 15 is 0 Å². The topological polar surface area (TPSA) is 29.3 Å². The van der Waals surface area contributed by atoms with Crippen molar-refractivity contribution in [3.63, 3.8) is 0 Å². The van der Waals surface area contributed by atoms with Crippen LogP contribution in [0.4, 0.5) is 0 Å². The lowest BCUT2D eigenvalue weighted by Crippen LogP contribution is -2.50. The Morgan fingerprint density at radius 1 is 0.938 bits per heavy atom. The van der Waals surface area contributed by atoms with Crippen LogP contribution in [0.3, 0.4) is 0 Å². The van der Waals surface area contributed by atoms with Crippen LogP contribution in [0.2, 0.25) is 0 Å². The highest BCUT2D eigenvalue weighted by molar-refractivity contribution is 5.05. The Bertz CT molecular complexity index is 264. The van der Waals surface area contributed by atoms with Crippen molar-refractivity contribution in [3.8, 4) is 0 Å². The molecule has 1 aliphatic heterocycles. The minimum atomic E-state index is 0.739. The number of hydrazine groups is 1. The first kappa shape index (κ1) is 9.90. The maximum absolute atomic E-state index is 5.98. The van der Waals surface area contributed by atoms with Gasteiger partial charge in [-0.05, 0) is 74.0 Å². The van der Waals surface area contributed by atoms with Crippen molar-refractivity contribution in [3.05, 3.63) is 0 Å². The largest absolute Gasteiger partial charge is 0.269 e. The molecule has 1 heterocycles. The molecule has 0 amide bonds. The molecular formula is C14H24N2. The molecule has 0 aromatic carbocycles. The lowest BCUT2D eigenvalue weighted by atomic mass is 9.46. The first-order chi connectivity index (χ1) is 7.73. The molecule has 16 heavy (non-hydrogen) atoms. The molecule has 2 nitrogen and oxygen atoms in total. The summed E-state index contributed by atoms with van der Waals surface area (Å²) in [6, 6.07) is 0. The van der Waals surface area contributed by atoms with E-state index in [0.29, 0.717) is 0 Å². The van der Waals surface area contributed by atoms with Gasteiger partial charge in [-0.1, -0.05) is 0 Å². The van der Waals surface area contributed by atoms with E-state index in [0.717, 1.165) is 35.6 Å². The fraction of sp³-hybridized carbons (Fsp3) is 1.00. The zero-order chi connectivity index (χ0) is 10.8. The van der Waals surface area contributed by atoms with Gasteiger partial charge in [0.15, 0.2) is 0 Å².